The van der Waals surface area contributed by atoms with E-state index in [1.54, 1.807) is 12.4 Å². The fraction of sp³-hybridized carbons (Fsp3) is 0.333. The monoisotopic (exact) mass is 336 g/mol. The minimum atomic E-state index is 0.158. The van der Waals surface area contributed by atoms with Gasteiger partial charge in [0.15, 0.2) is 0 Å². The molecule has 0 bridgehead atoms. The van der Waals surface area contributed by atoms with E-state index in [2.05, 4.69) is 36.4 Å². The minimum Gasteiger partial charge on any atom is -0.373 e. The van der Waals surface area contributed by atoms with Crippen molar-refractivity contribution >= 4 is 5.82 Å². The smallest absolute Gasteiger partial charge is 0.244 e. The first kappa shape index (κ1) is 15.7. The SMILES string of the molecule is CNc1ccc(-c2noc([C@H]3CCCN3Cc3cccnc3)n2)cn1. The predicted octanol–water partition coefficient (Wildman–Crippen LogP) is 2.91. The normalized spacial score (nSPS) is 17.7. The average Bonchev–Trinajstić information content (AvgIpc) is 3.32. The summed E-state index contributed by atoms with van der Waals surface area (Å²) in [6.07, 6.45) is 7.61. The van der Waals surface area contributed by atoms with Crippen LogP contribution in [0.3, 0.4) is 0 Å². The largest absolute Gasteiger partial charge is 0.373 e. The van der Waals surface area contributed by atoms with Crippen molar-refractivity contribution in [1.29, 1.82) is 0 Å². The molecule has 1 saturated heterocycles. The third kappa shape index (κ3) is 3.36. The van der Waals surface area contributed by atoms with Gasteiger partial charge in [0, 0.05) is 37.7 Å². The molecule has 0 spiro atoms. The number of aromatic nitrogens is 4. The first-order valence-corrected chi connectivity index (χ1v) is 8.44. The fourth-order valence-electron chi connectivity index (χ4n) is 3.18. The lowest BCUT2D eigenvalue weighted by atomic mass is 10.2. The Bertz CT molecular complexity index is 817. The molecule has 0 aliphatic carbocycles. The summed E-state index contributed by atoms with van der Waals surface area (Å²) in [5.74, 6) is 2.07. The molecule has 128 valence electrons. The highest BCUT2D eigenvalue weighted by Gasteiger charge is 2.30. The van der Waals surface area contributed by atoms with Crippen molar-refractivity contribution in [3.63, 3.8) is 0 Å². The molecule has 1 aliphatic heterocycles. The Balaban J connectivity index is 1.52. The van der Waals surface area contributed by atoms with Gasteiger partial charge in [-0.25, -0.2) is 4.98 Å². The lowest BCUT2D eigenvalue weighted by Crippen LogP contribution is -2.23. The van der Waals surface area contributed by atoms with Crippen LogP contribution in [0.25, 0.3) is 11.4 Å². The number of rotatable bonds is 5. The maximum absolute atomic E-state index is 5.57. The van der Waals surface area contributed by atoms with Crippen molar-refractivity contribution < 1.29 is 4.52 Å². The van der Waals surface area contributed by atoms with Gasteiger partial charge in [0.05, 0.1) is 6.04 Å². The lowest BCUT2D eigenvalue weighted by molar-refractivity contribution is 0.201. The van der Waals surface area contributed by atoms with Crippen LogP contribution in [0.5, 0.6) is 0 Å². The van der Waals surface area contributed by atoms with E-state index in [4.69, 9.17) is 4.52 Å². The second-order valence-corrected chi connectivity index (χ2v) is 6.13. The van der Waals surface area contributed by atoms with E-state index in [-0.39, 0.29) is 6.04 Å². The van der Waals surface area contributed by atoms with Gasteiger partial charge in [-0.3, -0.25) is 9.88 Å². The van der Waals surface area contributed by atoms with E-state index in [1.165, 1.54) is 5.56 Å². The zero-order valence-corrected chi connectivity index (χ0v) is 14.1. The summed E-state index contributed by atoms with van der Waals surface area (Å²) in [6, 6.07) is 8.06. The second-order valence-electron chi connectivity index (χ2n) is 6.13. The molecule has 1 N–H and O–H groups in total. The molecule has 7 heteroatoms. The molecule has 25 heavy (non-hydrogen) atoms. The van der Waals surface area contributed by atoms with Gasteiger partial charge in [-0.1, -0.05) is 11.2 Å². The second kappa shape index (κ2) is 6.98. The molecule has 0 aromatic carbocycles. The van der Waals surface area contributed by atoms with Gasteiger partial charge >= 0.3 is 0 Å². The Kier molecular flexibility index (Phi) is 4.39. The molecule has 0 saturated carbocycles. The Morgan fingerprint density at radius 2 is 2.24 bits per heavy atom. The zero-order valence-electron chi connectivity index (χ0n) is 14.1. The summed E-state index contributed by atoms with van der Waals surface area (Å²) in [7, 11) is 1.84. The number of likely N-dealkylation sites (tertiary alicyclic amines) is 1. The fourth-order valence-corrected chi connectivity index (χ4v) is 3.18. The van der Waals surface area contributed by atoms with Gasteiger partial charge in [0.1, 0.15) is 5.82 Å². The van der Waals surface area contributed by atoms with Gasteiger partial charge in [-0.15, -0.1) is 0 Å². The highest BCUT2D eigenvalue weighted by atomic mass is 16.5. The van der Waals surface area contributed by atoms with Crippen LogP contribution >= 0.6 is 0 Å². The lowest BCUT2D eigenvalue weighted by Gasteiger charge is -2.21. The van der Waals surface area contributed by atoms with E-state index in [9.17, 15) is 0 Å². The van der Waals surface area contributed by atoms with Crippen LogP contribution in [-0.4, -0.2) is 38.6 Å². The molecule has 3 aromatic heterocycles. The summed E-state index contributed by atoms with van der Waals surface area (Å²) in [6.45, 7) is 1.87. The third-order valence-corrected chi connectivity index (χ3v) is 4.48. The first-order chi connectivity index (χ1) is 12.3. The van der Waals surface area contributed by atoms with Gasteiger partial charge in [-0.2, -0.15) is 4.98 Å². The van der Waals surface area contributed by atoms with Crippen LogP contribution in [0.1, 0.15) is 30.3 Å². The molecule has 0 unspecified atom stereocenters. The maximum Gasteiger partial charge on any atom is 0.244 e. The molecular formula is C18H20N6O. The average molecular weight is 336 g/mol. The van der Waals surface area contributed by atoms with Crippen LogP contribution in [0.2, 0.25) is 0 Å². The van der Waals surface area contributed by atoms with E-state index in [0.29, 0.717) is 11.7 Å². The molecule has 0 amide bonds. The minimum absolute atomic E-state index is 0.158. The van der Waals surface area contributed by atoms with Crippen molar-refractivity contribution in [2.24, 2.45) is 0 Å². The molecule has 1 atom stereocenters. The number of anilines is 1. The summed E-state index contributed by atoms with van der Waals surface area (Å²) in [5.41, 5.74) is 2.05. The van der Waals surface area contributed by atoms with Crippen LogP contribution in [0.4, 0.5) is 5.82 Å². The Morgan fingerprint density at radius 1 is 1.28 bits per heavy atom. The molecule has 3 aromatic rings. The van der Waals surface area contributed by atoms with Crippen LogP contribution < -0.4 is 5.32 Å². The Labute approximate surface area is 146 Å². The Morgan fingerprint density at radius 3 is 3.00 bits per heavy atom. The van der Waals surface area contributed by atoms with Crippen molar-refractivity contribution in [2.75, 3.05) is 18.9 Å². The number of pyridine rings is 2. The number of hydrogen-bond acceptors (Lipinski definition) is 7. The first-order valence-electron chi connectivity index (χ1n) is 8.44. The van der Waals surface area contributed by atoms with Crippen molar-refractivity contribution in [2.45, 2.75) is 25.4 Å². The van der Waals surface area contributed by atoms with Crippen molar-refractivity contribution in [3.05, 3.63) is 54.3 Å². The molecule has 1 fully saturated rings. The van der Waals surface area contributed by atoms with E-state index in [1.807, 2.05) is 31.4 Å². The highest BCUT2D eigenvalue weighted by Crippen LogP contribution is 2.33. The van der Waals surface area contributed by atoms with Crippen LogP contribution in [-0.2, 0) is 6.54 Å². The summed E-state index contributed by atoms with van der Waals surface area (Å²) >= 11 is 0. The summed E-state index contributed by atoms with van der Waals surface area (Å²) in [4.78, 5) is 15.5. The van der Waals surface area contributed by atoms with Gasteiger partial charge in [-0.05, 0) is 43.1 Å². The van der Waals surface area contributed by atoms with Crippen LogP contribution in [0.15, 0.2) is 47.4 Å². The predicted molar refractivity (Wildman–Crippen MR) is 93.7 cm³/mol. The molecular weight excluding hydrogens is 316 g/mol. The molecule has 0 radical (unpaired) electrons. The number of hydrogen-bond donors (Lipinski definition) is 1. The van der Waals surface area contributed by atoms with Gasteiger partial charge in [0.2, 0.25) is 11.7 Å². The zero-order chi connectivity index (χ0) is 17.1. The van der Waals surface area contributed by atoms with E-state index >= 15 is 0 Å². The van der Waals surface area contributed by atoms with E-state index < -0.39 is 0 Å². The number of nitrogens with one attached hydrogen (secondary N) is 1. The van der Waals surface area contributed by atoms with Crippen LogP contribution in [0, 0.1) is 0 Å². The van der Waals surface area contributed by atoms with E-state index in [0.717, 1.165) is 37.3 Å². The molecule has 4 heterocycles. The van der Waals surface area contributed by atoms with Gasteiger partial charge < -0.3 is 9.84 Å². The Hall–Kier alpha value is -2.80. The topological polar surface area (TPSA) is 80.0 Å². The molecule has 1 aliphatic rings. The molecule has 7 nitrogen and oxygen atoms in total. The quantitative estimate of drug-likeness (QED) is 0.767. The maximum atomic E-state index is 5.57. The van der Waals surface area contributed by atoms with Gasteiger partial charge in [0.25, 0.3) is 0 Å². The highest BCUT2D eigenvalue weighted by molar-refractivity contribution is 5.55. The third-order valence-electron chi connectivity index (χ3n) is 4.48. The summed E-state index contributed by atoms with van der Waals surface area (Å²) < 4.78 is 5.57. The number of nitrogens with zero attached hydrogens (tertiary/aromatic N) is 5. The molecule has 4 rings (SSSR count). The van der Waals surface area contributed by atoms with Crippen molar-refractivity contribution in [1.82, 2.24) is 25.0 Å². The van der Waals surface area contributed by atoms with Crippen molar-refractivity contribution in [3.8, 4) is 11.4 Å². The summed E-state index contributed by atoms with van der Waals surface area (Å²) in [5, 5.41) is 7.14. The standard InChI is InChI=1S/C18H20N6O/c1-19-16-7-6-14(11-21-16)17-22-18(25-23-17)15-5-3-9-24(15)12-13-4-2-8-20-10-13/h2,4,6-8,10-11,15H,3,5,9,12H2,1H3,(H,19,21)/t15-/m1/s1.